The lowest BCUT2D eigenvalue weighted by Crippen LogP contribution is -1.79. The molecule has 0 N–H and O–H groups in total. The molecule has 1 aromatic heterocycles. The van der Waals surface area contributed by atoms with Crippen molar-refractivity contribution >= 4 is 0 Å². The molecule has 1 heterocycles. The lowest BCUT2D eigenvalue weighted by molar-refractivity contribution is 1.23. The summed E-state index contributed by atoms with van der Waals surface area (Å²) in [5.41, 5.74) is 3.22. The van der Waals surface area contributed by atoms with E-state index in [0.29, 0.717) is 0 Å². The molecule has 0 saturated heterocycles. The van der Waals surface area contributed by atoms with Gasteiger partial charge in [-0.3, -0.25) is 4.98 Å². The van der Waals surface area contributed by atoms with Crippen molar-refractivity contribution in [3.63, 3.8) is 0 Å². The number of hydrogen-bond donors (Lipinski definition) is 0. The average Bonchev–Trinajstić information content (AvgIpc) is 2.48. The van der Waals surface area contributed by atoms with Crippen LogP contribution in [-0.2, 0) is 0 Å². The molecular formula is C17H17N. The summed E-state index contributed by atoms with van der Waals surface area (Å²) in [5.74, 6) is 2.59. The van der Waals surface area contributed by atoms with E-state index in [2.05, 4.69) is 24.4 Å². The van der Waals surface area contributed by atoms with Gasteiger partial charge in [-0.15, -0.1) is 13.0 Å². The van der Waals surface area contributed by atoms with Crippen molar-refractivity contribution in [1.29, 1.82) is 0 Å². The Hall–Kier alpha value is -2.33. The van der Waals surface area contributed by atoms with Crippen LogP contribution in [0.2, 0.25) is 0 Å². The Labute approximate surface area is 109 Å². The molecule has 2 rings (SSSR count). The molecule has 0 atom stereocenters. The van der Waals surface area contributed by atoms with Crippen molar-refractivity contribution in [2.45, 2.75) is 13.3 Å². The molecule has 0 aliphatic carbocycles. The summed E-state index contributed by atoms with van der Waals surface area (Å²) >= 11 is 0. The first-order valence-electron chi connectivity index (χ1n) is 5.89. The number of benzene rings is 1. The zero-order valence-electron chi connectivity index (χ0n) is 10.6. The van der Waals surface area contributed by atoms with Crippen LogP contribution in [0.5, 0.6) is 0 Å². The molecule has 0 aliphatic heterocycles. The third-order valence-corrected chi connectivity index (χ3v) is 2.35. The quantitative estimate of drug-likeness (QED) is 0.558. The van der Waals surface area contributed by atoms with Crippen molar-refractivity contribution in [1.82, 2.24) is 4.98 Å². The van der Waals surface area contributed by atoms with Gasteiger partial charge in [0.2, 0.25) is 0 Å². The van der Waals surface area contributed by atoms with Gasteiger partial charge in [0, 0.05) is 18.0 Å². The van der Waals surface area contributed by atoms with E-state index in [1.54, 1.807) is 12.4 Å². The maximum absolute atomic E-state index is 5.28. The summed E-state index contributed by atoms with van der Waals surface area (Å²) < 4.78 is 0. The van der Waals surface area contributed by atoms with Gasteiger partial charge in [0.25, 0.3) is 0 Å². The van der Waals surface area contributed by atoms with Crippen molar-refractivity contribution in [2.75, 3.05) is 0 Å². The topological polar surface area (TPSA) is 12.9 Å². The second-order valence-electron chi connectivity index (χ2n) is 3.65. The van der Waals surface area contributed by atoms with Crippen LogP contribution in [0.1, 0.15) is 18.9 Å². The molecule has 1 aromatic carbocycles. The molecule has 1 heteroatoms. The summed E-state index contributed by atoms with van der Waals surface area (Å²) in [6, 6.07) is 11.9. The molecule has 0 bridgehead atoms. The second kappa shape index (κ2) is 7.86. The van der Waals surface area contributed by atoms with Crippen LogP contribution in [0.3, 0.4) is 0 Å². The monoisotopic (exact) mass is 235 g/mol. The first kappa shape index (κ1) is 13.7. The number of allylic oxidation sites excluding steroid dienone is 1. The Morgan fingerprint density at radius 2 is 1.61 bits per heavy atom. The molecule has 0 spiro atoms. The molecule has 0 aliphatic rings. The number of nitrogens with zero attached hydrogens (tertiary/aromatic N) is 1. The first-order valence-corrected chi connectivity index (χ1v) is 5.89. The summed E-state index contributed by atoms with van der Waals surface area (Å²) in [5, 5.41) is 0. The highest BCUT2D eigenvalue weighted by Gasteiger charge is 1.95. The third kappa shape index (κ3) is 4.27. The molecule has 0 saturated carbocycles. The lowest BCUT2D eigenvalue weighted by Gasteiger charge is -2.00. The van der Waals surface area contributed by atoms with E-state index in [4.69, 9.17) is 6.42 Å². The maximum atomic E-state index is 5.28. The summed E-state index contributed by atoms with van der Waals surface area (Å²) in [6.45, 7) is 5.54. The number of aromatic nitrogens is 1. The van der Waals surface area contributed by atoms with Gasteiger partial charge in [-0.05, 0) is 41.8 Å². The third-order valence-electron chi connectivity index (χ3n) is 2.35. The van der Waals surface area contributed by atoms with E-state index in [9.17, 15) is 0 Å². The van der Waals surface area contributed by atoms with Gasteiger partial charge in [0.1, 0.15) is 0 Å². The Bertz CT molecular complexity index is 504. The standard InChI is InChI=1S/C13H9N.C4H8/c1-2-11-3-5-12(6-4-11)13-7-9-14-10-8-13;1-3-4-2/h1,3-10H;3H,1,4H2,2H3. The minimum atomic E-state index is 0.905. The smallest absolute Gasteiger partial charge is 0.0273 e. The van der Waals surface area contributed by atoms with Crippen LogP contribution < -0.4 is 0 Å². The van der Waals surface area contributed by atoms with E-state index in [1.165, 1.54) is 0 Å². The SMILES string of the molecule is C#Cc1ccc(-c2ccncc2)cc1.C=CCC. The minimum absolute atomic E-state index is 0.905. The predicted molar refractivity (Wildman–Crippen MR) is 78.1 cm³/mol. The number of hydrogen-bond acceptors (Lipinski definition) is 1. The fraction of sp³-hybridized carbons (Fsp3) is 0.118. The molecule has 0 unspecified atom stereocenters. The van der Waals surface area contributed by atoms with E-state index in [-0.39, 0.29) is 0 Å². The van der Waals surface area contributed by atoms with E-state index < -0.39 is 0 Å². The average molecular weight is 235 g/mol. The van der Waals surface area contributed by atoms with Crippen molar-refractivity contribution in [3.05, 3.63) is 67.0 Å². The Morgan fingerprint density at radius 3 is 2.06 bits per heavy atom. The minimum Gasteiger partial charge on any atom is -0.265 e. The van der Waals surface area contributed by atoms with E-state index in [0.717, 1.165) is 23.1 Å². The highest BCUT2D eigenvalue weighted by Crippen LogP contribution is 2.18. The predicted octanol–water partition coefficient (Wildman–Crippen LogP) is 4.31. The van der Waals surface area contributed by atoms with Gasteiger partial charge in [-0.25, -0.2) is 0 Å². The fourth-order valence-electron chi connectivity index (χ4n) is 1.30. The fourth-order valence-corrected chi connectivity index (χ4v) is 1.30. The van der Waals surface area contributed by atoms with Gasteiger partial charge >= 0.3 is 0 Å². The number of terminal acetylenes is 1. The summed E-state index contributed by atoms with van der Waals surface area (Å²) in [6.07, 6.45) is 11.8. The molecule has 18 heavy (non-hydrogen) atoms. The van der Waals surface area contributed by atoms with Crippen LogP contribution in [0.4, 0.5) is 0 Å². The maximum Gasteiger partial charge on any atom is 0.0273 e. The normalized spacial score (nSPS) is 8.67. The molecule has 0 fully saturated rings. The first-order chi connectivity index (χ1) is 8.81. The number of rotatable bonds is 2. The zero-order valence-corrected chi connectivity index (χ0v) is 10.6. The lowest BCUT2D eigenvalue weighted by atomic mass is 10.1. The van der Waals surface area contributed by atoms with Crippen molar-refractivity contribution < 1.29 is 0 Å². The molecule has 0 radical (unpaired) electrons. The van der Waals surface area contributed by atoms with Crippen molar-refractivity contribution in [2.24, 2.45) is 0 Å². The largest absolute Gasteiger partial charge is 0.265 e. The van der Waals surface area contributed by atoms with Crippen LogP contribution >= 0.6 is 0 Å². The molecule has 1 nitrogen and oxygen atoms in total. The Kier molecular flexibility index (Phi) is 6.00. The van der Waals surface area contributed by atoms with E-state index >= 15 is 0 Å². The van der Waals surface area contributed by atoms with Crippen LogP contribution in [-0.4, -0.2) is 4.98 Å². The summed E-state index contributed by atoms with van der Waals surface area (Å²) in [4.78, 5) is 3.97. The van der Waals surface area contributed by atoms with Gasteiger partial charge in [0.15, 0.2) is 0 Å². The van der Waals surface area contributed by atoms with Crippen LogP contribution in [0, 0.1) is 12.3 Å². The highest BCUT2D eigenvalue weighted by atomic mass is 14.6. The van der Waals surface area contributed by atoms with Gasteiger partial charge < -0.3 is 0 Å². The second-order valence-corrected chi connectivity index (χ2v) is 3.65. The molecule has 90 valence electrons. The van der Waals surface area contributed by atoms with Crippen molar-refractivity contribution in [3.8, 4) is 23.5 Å². The Morgan fingerprint density at radius 1 is 1.11 bits per heavy atom. The van der Waals surface area contributed by atoms with Gasteiger partial charge in [-0.1, -0.05) is 31.1 Å². The molecule has 2 aromatic rings. The highest BCUT2D eigenvalue weighted by molar-refractivity contribution is 5.63. The van der Waals surface area contributed by atoms with Gasteiger partial charge in [-0.2, -0.15) is 0 Å². The van der Waals surface area contributed by atoms with Crippen LogP contribution in [0.15, 0.2) is 61.4 Å². The summed E-state index contributed by atoms with van der Waals surface area (Å²) in [7, 11) is 0. The number of pyridine rings is 1. The van der Waals surface area contributed by atoms with E-state index in [1.807, 2.05) is 42.5 Å². The Balaban J connectivity index is 0.000000357. The van der Waals surface area contributed by atoms with Gasteiger partial charge in [0.05, 0.1) is 0 Å². The zero-order chi connectivity index (χ0) is 13.2. The van der Waals surface area contributed by atoms with Crippen LogP contribution in [0.25, 0.3) is 11.1 Å². The molecular weight excluding hydrogens is 218 g/mol. The molecule has 0 amide bonds.